The Labute approximate surface area is 155 Å². The molecule has 0 radical (unpaired) electrons. The predicted molar refractivity (Wildman–Crippen MR) is 102 cm³/mol. The maximum Gasteiger partial charge on any atom is 0.160 e. The third-order valence-electron chi connectivity index (χ3n) is 3.70. The molecule has 128 valence electrons. The number of fused-ring (bicyclic) bond motifs is 1. The van der Waals surface area contributed by atoms with Gasteiger partial charge in [0.05, 0.1) is 30.0 Å². The van der Waals surface area contributed by atoms with Gasteiger partial charge in [0.2, 0.25) is 0 Å². The first-order valence-electron chi connectivity index (χ1n) is 7.40. The molecule has 0 bridgehead atoms. The minimum absolute atomic E-state index is 0.0839. The summed E-state index contributed by atoms with van der Waals surface area (Å²) in [5, 5.41) is 11.4. The van der Waals surface area contributed by atoms with Gasteiger partial charge in [-0.1, -0.05) is 29.3 Å². The van der Waals surface area contributed by atoms with Crippen LogP contribution in [0.5, 0.6) is 17.2 Å². The molecule has 2 aromatic carbocycles. The summed E-state index contributed by atoms with van der Waals surface area (Å²) in [7, 11) is 3.20. The zero-order valence-corrected chi connectivity index (χ0v) is 15.1. The van der Waals surface area contributed by atoms with Crippen LogP contribution in [-0.4, -0.2) is 24.3 Å². The Morgan fingerprint density at radius 2 is 1.60 bits per heavy atom. The molecule has 3 rings (SSSR count). The SMILES string of the molecule is COc1cc(/C=C/c2ccc3c(Cl)cc(Cl)c(O)c3n2)cc(OC)c1. The van der Waals surface area contributed by atoms with Crippen LogP contribution in [0.15, 0.2) is 36.4 Å². The Morgan fingerprint density at radius 3 is 2.24 bits per heavy atom. The van der Waals surface area contributed by atoms with Gasteiger partial charge in [0.25, 0.3) is 0 Å². The topological polar surface area (TPSA) is 51.6 Å². The van der Waals surface area contributed by atoms with Crippen LogP contribution < -0.4 is 9.47 Å². The Hall–Kier alpha value is -2.43. The van der Waals surface area contributed by atoms with Crippen molar-refractivity contribution in [1.82, 2.24) is 4.98 Å². The monoisotopic (exact) mass is 375 g/mol. The van der Waals surface area contributed by atoms with Crippen LogP contribution >= 0.6 is 23.2 Å². The minimum atomic E-state index is -0.0839. The lowest BCUT2D eigenvalue weighted by atomic mass is 10.1. The highest BCUT2D eigenvalue weighted by Crippen LogP contribution is 2.36. The number of aromatic nitrogens is 1. The number of methoxy groups -OCH3 is 2. The lowest BCUT2D eigenvalue weighted by Crippen LogP contribution is -1.88. The van der Waals surface area contributed by atoms with Crippen LogP contribution in [0.25, 0.3) is 23.1 Å². The number of phenols is 1. The zero-order valence-electron chi connectivity index (χ0n) is 13.6. The molecule has 3 aromatic rings. The third kappa shape index (κ3) is 3.65. The number of halogens is 2. The normalized spacial score (nSPS) is 11.2. The summed E-state index contributed by atoms with van der Waals surface area (Å²) < 4.78 is 10.5. The second-order valence-corrected chi connectivity index (χ2v) is 6.11. The van der Waals surface area contributed by atoms with Crippen LogP contribution in [0.4, 0.5) is 0 Å². The van der Waals surface area contributed by atoms with E-state index in [9.17, 15) is 5.11 Å². The van der Waals surface area contributed by atoms with E-state index in [2.05, 4.69) is 4.98 Å². The van der Waals surface area contributed by atoms with E-state index in [-0.39, 0.29) is 10.8 Å². The number of hydrogen-bond donors (Lipinski definition) is 1. The predicted octanol–water partition coefficient (Wildman–Crippen LogP) is 5.43. The average molecular weight is 376 g/mol. The summed E-state index contributed by atoms with van der Waals surface area (Å²) in [4.78, 5) is 4.43. The third-order valence-corrected chi connectivity index (χ3v) is 4.30. The van der Waals surface area contributed by atoms with Gasteiger partial charge in [0.15, 0.2) is 5.75 Å². The van der Waals surface area contributed by atoms with E-state index in [1.54, 1.807) is 26.4 Å². The van der Waals surface area contributed by atoms with Crippen LogP contribution in [0.1, 0.15) is 11.3 Å². The highest BCUT2D eigenvalue weighted by molar-refractivity contribution is 6.39. The molecule has 0 unspecified atom stereocenters. The van der Waals surface area contributed by atoms with Crippen molar-refractivity contribution >= 4 is 46.3 Å². The molecule has 6 heteroatoms. The van der Waals surface area contributed by atoms with Crippen molar-refractivity contribution in [3.63, 3.8) is 0 Å². The Balaban J connectivity index is 2.00. The number of rotatable bonds is 4. The molecule has 1 aromatic heterocycles. The summed E-state index contributed by atoms with van der Waals surface area (Å²) in [5.41, 5.74) is 1.91. The van der Waals surface area contributed by atoms with Gasteiger partial charge < -0.3 is 14.6 Å². The van der Waals surface area contributed by atoms with Gasteiger partial charge in [-0.15, -0.1) is 0 Å². The second-order valence-electron chi connectivity index (χ2n) is 5.30. The van der Waals surface area contributed by atoms with Crippen molar-refractivity contribution in [2.24, 2.45) is 0 Å². The number of phenolic OH excluding ortho intramolecular Hbond substituents is 1. The van der Waals surface area contributed by atoms with Crippen LogP contribution in [0.3, 0.4) is 0 Å². The molecule has 0 aliphatic heterocycles. The molecule has 1 heterocycles. The standard InChI is InChI=1S/C19H15Cl2NO3/c1-24-13-7-11(8-14(9-13)25-2)3-4-12-5-6-15-16(20)10-17(21)19(23)18(15)22-12/h3-10,23H,1-2H3/b4-3+. The molecular formula is C19H15Cl2NO3. The first-order valence-corrected chi connectivity index (χ1v) is 8.16. The quantitative estimate of drug-likeness (QED) is 0.659. The number of ether oxygens (including phenoxy) is 2. The van der Waals surface area contributed by atoms with Crippen molar-refractivity contribution in [3.8, 4) is 17.2 Å². The van der Waals surface area contributed by atoms with Gasteiger partial charge in [0.1, 0.15) is 17.0 Å². The molecule has 25 heavy (non-hydrogen) atoms. The maximum atomic E-state index is 10.1. The molecule has 0 spiro atoms. The fraction of sp³-hybridized carbons (Fsp3) is 0.105. The van der Waals surface area contributed by atoms with Crippen molar-refractivity contribution in [1.29, 1.82) is 0 Å². The van der Waals surface area contributed by atoms with Crippen molar-refractivity contribution < 1.29 is 14.6 Å². The largest absolute Gasteiger partial charge is 0.504 e. The summed E-state index contributed by atoms with van der Waals surface area (Å²) >= 11 is 12.1. The summed E-state index contributed by atoms with van der Waals surface area (Å²) in [6, 6.07) is 10.7. The van der Waals surface area contributed by atoms with E-state index in [0.29, 0.717) is 33.1 Å². The van der Waals surface area contributed by atoms with E-state index >= 15 is 0 Å². The second kappa shape index (κ2) is 7.21. The highest BCUT2D eigenvalue weighted by Gasteiger charge is 2.10. The van der Waals surface area contributed by atoms with Crippen molar-refractivity contribution in [2.75, 3.05) is 14.2 Å². The van der Waals surface area contributed by atoms with Crippen LogP contribution in [-0.2, 0) is 0 Å². The van der Waals surface area contributed by atoms with Crippen LogP contribution in [0, 0.1) is 0 Å². The molecule has 0 amide bonds. The summed E-state index contributed by atoms with van der Waals surface area (Å²) in [5.74, 6) is 1.31. The van der Waals surface area contributed by atoms with Crippen molar-refractivity contribution in [3.05, 3.63) is 57.7 Å². The molecule has 0 fully saturated rings. The summed E-state index contributed by atoms with van der Waals surface area (Å²) in [6.45, 7) is 0. The Kier molecular flexibility index (Phi) is 5.02. The van der Waals surface area contributed by atoms with Gasteiger partial charge in [-0.3, -0.25) is 0 Å². The molecule has 0 saturated heterocycles. The van der Waals surface area contributed by atoms with Crippen LogP contribution in [0.2, 0.25) is 10.0 Å². The number of nitrogens with zero attached hydrogens (tertiary/aromatic N) is 1. The first kappa shape index (κ1) is 17.4. The molecular weight excluding hydrogens is 361 g/mol. The molecule has 4 nitrogen and oxygen atoms in total. The number of benzene rings is 2. The Morgan fingerprint density at radius 1 is 0.920 bits per heavy atom. The van der Waals surface area contributed by atoms with Gasteiger partial charge >= 0.3 is 0 Å². The fourth-order valence-corrected chi connectivity index (χ4v) is 2.93. The highest BCUT2D eigenvalue weighted by atomic mass is 35.5. The average Bonchev–Trinajstić information content (AvgIpc) is 2.64. The van der Waals surface area contributed by atoms with Gasteiger partial charge in [0, 0.05) is 11.5 Å². The van der Waals surface area contributed by atoms with Gasteiger partial charge in [-0.25, -0.2) is 4.98 Å². The Bertz CT molecular complexity index is 948. The molecule has 0 saturated carbocycles. The smallest absolute Gasteiger partial charge is 0.160 e. The minimum Gasteiger partial charge on any atom is -0.504 e. The molecule has 1 N–H and O–H groups in total. The van der Waals surface area contributed by atoms with Gasteiger partial charge in [-0.05, 0) is 42.0 Å². The zero-order chi connectivity index (χ0) is 18.0. The van der Waals surface area contributed by atoms with Crippen molar-refractivity contribution in [2.45, 2.75) is 0 Å². The van der Waals surface area contributed by atoms with E-state index in [1.165, 1.54) is 6.07 Å². The van der Waals surface area contributed by atoms with E-state index in [4.69, 9.17) is 32.7 Å². The summed E-state index contributed by atoms with van der Waals surface area (Å²) in [6.07, 6.45) is 3.70. The number of hydrogen-bond acceptors (Lipinski definition) is 4. The first-order chi connectivity index (χ1) is 12.0. The van der Waals surface area contributed by atoms with Gasteiger partial charge in [-0.2, -0.15) is 0 Å². The molecule has 0 aliphatic rings. The molecule has 0 atom stereocenters. The lowest BCUT2D eigenvalue weighted by Gasteiger charge is -2.07. The van der Waals surface area contributed by atoms with E-state index in [0.717, 1.165) is 5.56 Å². The molecule has 0 aliphatic carbocycles. The maximum absolute atomic E-state index is 10.1. The lowest BCUT2D eigenvalue weighted by molar-refractivity contribution is 0.394. The number of aromatic hydroxyl groups is 1. The number of pyridine rings is 1. The van der Waals surface area contributed by atoms with E-state index in [1.807, 2.05) is 30.4 Å². The van der Waals surface area contributed by atoms with E-state index < -0.39 is 0 Å². The fourth-order valence-electron chi connectivity index (χ4n) is 2.42.